The van der Waals surface area contributed by atoms with Gasteiger partial charge in [-0.3, -0.25) is 18.6 Å². The van der Waals surface area contributed by atoms with E-state index in [1.165, 1.54) is 173 Å². The molecule has 11 heteroatoms. The summed E-state index contributed by atoms with van der Waals surface area (Å²) < 4.78 is 32.8. The number of hydrogen-bond acceptors (Lipinski definition) is 9. The van der Waals surface area contributed by atoms with Gasteiger partial charge in [0.25, 0.3) is 0 Å². The molecular weight excluding hydrogens is 767 g/mol. The predicted octanol–water partition coefficient (Wildman–Crippen LogP) is 13.6. The van der Waals surface area contributed by atoms with E-state index >= 15 is 0 Å². The molecule has 0 aliphatic carbocycles. The molecule has 0 aromatic heterocycles. The third kappa shape index (κ3) is 44.6. The van der Waals surface area contributed by atoms with Crippen LogP contribution in [-0.2, 0) is 32.7 Å². The van der Waals surface area contributed by atoms with Gasteiger partial charge in [-0.1, -0.05) is 212 Å². The summed E-state index contributed by atoms with van der Waals surface area (Å²) in [6.07, 6.45) is 43.6. The summed E-state index contributed by atoms with van der Waals surface area (Å²) in [5.74, 6) is -0.912. The minimum atomic E-state index is -4.62. The molecule has 0 heterocycles. The first-order valence-corrected chi connectivity index (χ1v) is 26.1. The van der Waals surface area contributed by atoms with Crippen molar-refractivity contribution in [3.63, 3.8) is 0 Å². The first kappa shape index (κ1) is 57.7. The Labute approximate surface area is 362 Å². The van der Waals surface area contributed by atoms with Gasteiger partial charge in [0.1, 0.15) is 12.7 Å². The van der Waals surface area contributed by atoms with Gasteiger partial charge in [0, 0.05) is 12.8 Å². The van der Waals surface area contributed by atoms with Gasteiger partial charge < -0.3 is 24.6 Å². The number of allylic oxidation sites excluding steroid dienone is 1. The second kappa shape index (κ2) is 44.8. The van der Waals surface area contributed by atoms with Gasteiger partial charge in [-0.25, -0.2) is 4.57 Å². The zero-order chi connectivity index (χ0) is 43.3. The molecule has 10 nitrogen and oxygen atoms in total. The van der Waals surface area contributed by atoms with Crippen LogP contribution in [0.15, 0.2) is 12.7 Å². The molecular formula is C48H93O10P. The number of aliphatic hydroxyl groups excluding tert-OH is 2. The summed E-state index contributed by atoms with van der Waals surface area (Å²) in [6, 6.07) is 0. The number of phosphoric ester groups is 1. The first-order valence-electron chi connectivity index (χ1n) is 24.6. The normalized spacial score (nSPS) is 13.6. The molecule has 0 saturated heterocycles. The van der Waals surface area contributed by atoms with Crippen molar-refractivity contribution in [3.8, 4) is 0 Å². The number of ether oxygens (including phenoxy) is 2. The highest BCUT2D eigenvalue weighted by atomic mass is 31.2. The zero-order valence-corrected chi connectivity index (χ0v) is 39.0. The van der Waals surface area contributed by atoms with E-state index in [0.29, 0.717) is 12.8 Å². The number of rotatable bonds is 48. The van der Waals surface area contributed by atoms with Crippen LogP contribution in [0.2, 0.25) is 0 Å². The second-order valence-electron chi connectivity index (χ2n) is 16.9. The maximum atomic E-state index is 12.6. The van der Waals surface area contributed by atoms with Gasteiger partial charge in [0.15, 0.2) is 6.10 Å². The number of esters is 2. The van der Waals surface area contributed by atoms with E-state index in [4.69, 9.17) is 23.6 Å². The number of carbonyl (C=O) groups is 2. The van der Waals surface area contributed by atoms with E-state index in [2.05, 4.69) is 13.5 Å². The predicted molar refractivity (Wildman–Crippen MR) is 242 cm³/mol. The highest BCUT2D eigenvalue weighted by Crippen LogP contribution is 2.43. The Morgan fingerprint density at radius 2 is 0.864 bits per heavy atom. The van der Waals surface area contributed by atoms with Crippen LogP contribution in [0.5, 0.6) is 0 Å². The van der Waals surface area contributed by atoms with Crippen LogP contribution >= 0.6 is 7.82 Å². The molecule has 350 valence electrons. The van der Waals surface area contributed by atoms with Crippen LogP contribution < -0.4 is 0 Å². The largest absolute Gasteiger partial charge is 0.472 e. The Balaban J connectivity index is 4.12. The fraction of sp³-hybridized carbons (Fsp3) is 0.917. The minimum Gasteiger partial charge on any atom is -0.462 e. The second-order valence-corrected chi connectivity index (χ2v) is 18.4. The van der Waals surface area contributed by atoms with Crippen LogP contribution in [0.1, 0.15) is 244 Å². The smallest absolute Gasteiger partial charge is 0.462 e. The lowest BCUT2D eigenvalue weighted by molar-refractivity contribution is -0.161. The van der Waals surface area contributed by atoms with E-state index < -0.39 is 51.8 Å². The maximum Gasteiger partial charge on any atom is 0.472 e. The van der Waals surface area contributed by atoms with E-state index in [9.17, 15) is 24.2 Å². The van der Waals surface area contributed by atoms with E-state index in [0.717, 1.165) is 38.5 Å². The summed E-state index contributed by atoms with van der Waals surface area (Å²) in [6.45, 7) is 3.95. The molecule has 0 rings (SSSR count). The Bertz CT molecular complexity index is 979. The molecule has 0 aromatic rings. The molecule has 1 unspecified atom stereocenters. The van der Waals surface area contributed by atoms with Crippen molar-refractivity contribution >= 4 is 19.8 Å². The minimum absolute atomic E-state index is 0.187. The van der Waals surface area contributed by atoms with E-state index in [-0.39, 0.29) is 19.4 Å². The molecule has 3 N–H and O–H groups in total. The fourth-order valence-electron chi connectivity index (χ4n) is 7.27. The molecule has 0 fully saturated rings. The number of unbranched alkanes of at least 4 members (excludes halogenated alkanes) is 33. The molecule has 0 amide bonds. The van der Waals surface area contributed by atoms with Crippen molar-refractivity contribution < 1.29 is 47.8 Å². The molecule has 0 bridgehead atoms. The van der Waals surface area contributed by atoms with E-state index in [1.807, 2.05) is 6.08 Å². The number of hydrogen-bond donors (Lipinski definition) is 3. The molecule has 0 radical (unpaired) electrons. The van der Waals surface area contributed by atoms with Crippen molar-refractivity contribution in [2.45, 2.75) is 257 Å². The van der Waals surface area contributed by atoms with Crippen LogP contribution in [0.4, 0.5) is 0 Å². The Morgan fingerprint density at radius 1 is 0.525 bits per heavy atom. The van der Waals surface area contributed by atoms with Gasteiger partial charge in [-0.15, -0.1) is 6.58 Å². The lowest BCUT2D eigenvalue weighted by Gasteiger charge is -2.20. The van der Waals surface area contributed by atoms with E-state index in [1.54, 1.807) is 0 Å². The summed E-state index contributed by atoms with van der Waals surface area (Å²) in [7, 11) is -4.62. The molecule has 59 heavy (non-hydrogen) atoms. The monoisotopic (exact) mass is 861 g/mol. The highest BCUT2D eigenvalue weighted by Gasteiger charge is 2.27. The number of carbonyl (C=O) groups excluding carboxylic acids is 2. The van der Waals surface area contributed by atoms with Gasteiger partial charge in [-0.05, 0) is 25.7 Å². The van der Waals surface area contributed by atoms with Gasteiger partial charge in [0.2, 0.25) is 0 Å². The number of phosphoric acid groups is 1. The van der Waals surface area contributed by atoms with Gasteiger partial charge in [0.05, 0.1) is 19.8 Å². The van der Waals surface area contributed by atoms with Crippen molar-refractivity contribution in [1.82, 2.24) is 0 Å². The standard InChI is InChI=1S/C48H93O10P/c1-3-5-7-9-11-13-15-17-19-20-21-22-23-24-26-27-29-31-33-35-37-39-47(51)55-43-46(44-57-59(53,54)56-42-45(50)41-49)58-48(52)40-38-36-34-32-30-28-25-18-16-14-12-10-8-6-4-2/h4,45-46,49-50H,2-3,5-44H2,1H3,(H,53,54)/t45-,46+/m1/s1. The quantitative estimate of drug-likeness (QED) is 0.0234. The average Bonchev–Trinajstić information content (AvgIpc) is 3.22. The third-order valence-corrected chi connectivity index (χ3v) is 12.0. The Hall–Kier alpha value is -1.29. The summed E-state index contributed by atoms with van der Waals surface area (Å²) in [5, 5.41) is 18.4. The molecule has 0 aliphatic rings. The molecule has 0 aromatic carbocycles. The molecule has 0 aliphatic heterocycles. The maximum absolute atomic E-state index is 12.6. The number of aliphatic hydroxyl groups is 2. The summed E-state index contributed by atoms with van der Waals surface area (Å²) in [5.41, 5.74) is 0. The van der Waals surface area contributed by atoms with Crippen LogP contribution in [0, 0.1) is 0 Å². The van der Waals surface area contributed by atoms with Crippen LogP contribution in [0.3, 0.4) is 0 Å². The Kier molecular flexibility index (Phi) is 43.8. The van der Waals surface area contributed by atoms with Crippen molar-refractivity contribution in [2.75, 3.05) is 26.4 Å². The van der Waals surface area contributed by atoms with Crippen LogP contribution in [-0.4, -0.2) is 65.7 Å². The third-order valence-electron chi connectivity index (χ3n) is 11.1. The van der Waals surface area contributed by atoms with Crippen molar-refractivity contribution in [1.29, 1.82) is 0 Å². The highest BCUT2D eigenvalue weighted by molar-refractivity contribution is 7.47. The zero-order valence-electron chi connectivity index (χ0n) is 38.1. The van der Waals surface area contributed by atoms with Crippen molar-refractivity contribution in [3.05, 3.63) is 12.7 Å². The lowest BCUT2D eigenvalue weighted by Crippen LogP contribution is -2.29. The summed E-state index contributed by atoms with van der Waals surface area (Å²) >= 11 is 0. The molecule has 0 spiro atoms. The topological polar surface area (TPSA) is 149 Å². The first-order chi connectivity index (χ1) is 28.7. The van der Waals surface area contributed by atoms with Crippen LogP contribution in [0.25, 0.3) is 0 Å². The summed E-state index contributed by atoms with van der Waals surface area (Å²) in [4.78, 5) is 35.1. The van der Waals surface area contributed by atoms with Crippen molar-refractivity contribution in [2.24, 2.45) is 0 Å². The molecule has 0 saturated carbocycles. The molecule has 3 atom stereocenters. The lowest BCUT2D eigenvalue weighted by atomic mass is 10.0. The van der Waals surface area contributed by atoms with Gasteiger partial charge in [-0.2, -0.15) is 0 Å². The Morgan fingerprint density at radius 3 is 1.24 bits per heavy atom. The fourth-order valence-corrected chi connectivity index (χ4v) is 8.06. The average molecular weight is 861 g/mol. The van der Waals surface area contributed by atoms with Gasteiger partial charge >= 0.3 is 19.8 Å². The SMILES string of the molecule is C=CCCCCCCCCCCCCCCCC(=O)O[C@@H](COC(=O)CCCCCCCCCCCCCCCCCCCCCCC)COP(=O)(O)OC[C@H](O)CO.